The number of hydrogen-bond acceptors (Lipinski definition) is 5. The molecule has 0 bridgehead atoms. The summed E-state index contributed by atoms with van der Waals surface area (Å²) in [5.41, 5.74) is 0.430. The zero-order chi connectivity index (χ0) is 11.0. The van der Waals surface area contributed by atoms with E-state index in [1.54, 1.807) is 12.4 Å². The molecule has 0 spiro atoms. The number of aromatic amines is 3. The van der Waals surface area contributed by atoms with Gasteiger partial charge in [-0.05, 0) is 0 Å². The van der Waals surface area contributed by atoms with Gasteiger partial charge in [-0.15, -0.1) is 0 Å². The standard InChI is InChI=1S/C8H7N7O/c16-6-4-5(12-3-11-4)13-8(14-6)15-7-9-1-2-10-7/h1-3H,(H4,9,10,11,12,13,14,15,16). The van der Waals surface area contributed by atoms with E-state index >= 15 is 0 Å². The van der Waals surface area contributed by atoms with Gasteiger partial charge in [0.15, 0.2) is 11.2 Å². The fraction of sp³-hybridized carbons (Fsp3) is 0. The number of fused-ring (bicyclic) bond motifs is 1. The lowest BCUT2D eigenvalue weighted by Gasteiger charge is -2.00. The molecule has 0 aliphatic carbocycles. The average molecular weight is 217 g/mol. The molecule has 4 N–H and O–H groups in total. The SMILES string of the molecule is O=c1[nH]c(Nc2ncc[nH]2)nc2nc[nH]c12. The van der Waals surface area contributed by atoms with Crippen molar-refractivity contribution in [3.63, 3.8) is 0 Å². The summed E-state index contributed by atoms with van der Waals surface area (Å²) in [4.78, 5) is 31.6. The van der Waals surface area contributed by atoms with Crippen molar-refractivity contribution in [2.24, 2.45) is 0 Å². The summed E-state index contributed by atoms with van der Waals surface area (Å²) in [6, 6.07) is 0. The Morgan fingerprint density at radius 2 is 2.12 bits per heavy atom. The van der Waals surface area contributed by atoms with Gasteiger partial charge in [0.1, 0.15) is 0 Å². The first-order valence-corrected chi connectivity index (χ1v) is 4.53. The molecule has 0 atom stereocenters. The zero-order valence-electron chi connectivity index (χ0n) is 7.98. The minimum absolute atomic E-state index is 0.281. The highest BCUT2D eigenvalue weighted by atomic mass is 16.1. The van der Waals surface area contributed by atoms with Crippen LogP contribution in [0.4, 0.5) is 11.9 Å². The Labute approximate surface area is 88.2 Å². The first kappa shape index (κ1) is 8.65. The molecule has 0 aliphatic rings. The summed E-state index contributed by atoms with van der Waals surface area (Å²) in [6.07, 6.45) is 4.67. The topological polar surface area (TPSA) is 115 Å². The summed E-state index contributed by atoms with van der Waals surface area (Å²) in [7, 11) is 0. The minimum atomic E-state index is -0.281. The van der Waals surface area contributed by atoms with Crippen LogP contribution in [0.2, 0.25) is 0 Å². The van der Waals surface area contributed by atoms with E-state index in [0.717, 1.165) is 0 Å². The van der Waals surface area contributed by atoms with Gasteiger partial charge in [-0.2, -0.15) is 4.98 Å². The van der Waals surface area contributed by atoms with Gasteiger partial charge in [0.25, 0.3) is 5.56 Å². The van der Waals surface area contributed by atoms with E-state index in [1.165, 1.54) is 6.33 Å². The third kappa shape index (κ3) is 1.32. The van der Waals surface area contributed by atoms with Gasteiger partial charge in [-0.25, -0.2) is 9.97 Å². The van der Waals surface area contributed by atoms with E-state index in [-0.39, 0.29) is 5.56 Å². The molecule has 0 saturated heterocycles. The monoisotopic (exact) mass is 217 g/mol. The molecule has 0 aliphatic heterocycles. The molecule has 16 heavy (non-hydrogen) atoms. The maximum atomic E-state index is 11.6. The number of rotatable bonds is 2. The highest BCUT2D eigenvalue weighted by molar-refractivity contribution is 5.70. The first-order valence-electron chi connectivity index (χ1n) is 4.53. The van der Waals surface area contributed by atoms with Crippen LogP contribution in [0.25, 0.3) is 11.2 Å². The Morgan fingerprint density at radius 1 is 1.19 bits per heavy atom. The fourth-order valence-corrected chi connectivity index (χ4v) is 1.35. The lowest BCUT2D eigenvalue weighted by Crippen LogP contribution is -2.11. The van der Waals surface area contributed by atoms with Crippen molar-refractivity contribution in [3.05, 3.63) is 29.1 Å². The van der Waals surface area contributed by atoms with Gasteiger partial charge in [-0.3, -0.25) is 15.1 Å². The van der Waals surface area contributed by atoms with Crippen LogP contribution in [0.3, 0.4) is 0 Å². The molecular formula is C8H7N7O. The Hall–Kier alpha value is -2.64. The summed E-state index contributed by atoms with van der Waals surface area (Å²) in [5.74, 6) is 0.789. The Balaban J connectivity index is 2.07. The van der Waals surface area contributed by atoms with Gasteiger partial charge in [0, 0.05) is 12.4 Å². The van der Waals surface area contributed by atoms with Crippen LogP contribution in [0.1, 0.15) is 0 Å². The van der Waals surface area contributed by atoms with E-state index in [2.05, 4.69) is 35.2 Å². The summed E-state index contributed by atoms with van der Waals surface area (Å²) in [6.45, 7) is 0. The zero-order valence-corrected chi connectivity index (χ0v) is 7.98. The normalized spacial score (nSPS) is 10.8. The summed E-state index contributed by atoms with van der Waals surface area (Å²) >= 11 is 0. The van der Waals surface area contributed by atoms with Gasteiger partial charge >= 0.3 is 0 Å². The van der Waals surface area contributed by atoms with Gasteiger partial charge < -0.3 is 9.97 Å². The van der Waals surface area contributed by atoms with Crippen molar-refractivity contribution in [2.75, 3.05) is 5.32 Å². The number of nitrogens with one attached hydrogen (secondary N) is 4. The van der Waals surface area contributed by atoms with Crippen LogP contribution >= 0.6 is 0 Å². The van der Waals surface area contributed by atoms with E-state index in [9.17, 15) is 4.79 Å². The molecule has 3 heterocycles. The Kier molecular flexibility index (Phi) is 1.72. The molecule has 0 fully saturated rings. The fourth-order valence-electron chi connectivity index (χ4n) is 1.35. The lowest BCUT2D eigenvalue weighted by molar-refractivity contribution is 1.13. The molecule has 80 valence electrons. The van der Waals surface area contributed by atoms with Crippen molar-refractivity contribution in [2.45, 2.75) is 0 Å². The number of hydrogen-bond donors (Lipinski definition) is 4. The number of imidazole rings is 2. The van der Waals surface area contributed by atoms with Crippen LogP contribution < -0.4 is 10.9 Å². The van der Waals surface area contributed by atoms with Gasteiger partial charge in [0.05, 0.1) is 6.33 Å². The third-order valence-corrected chi connectivity index (χ3v) is 2.03. The lowest BCUT2D eigenvalue weighted by atomic mass is 10.5. The van der Waals surface area contributed by atoms with Gasteiger partial charge in [0.2, 0.25) is 11.9 Å². The van der Waals surface area contributed by atoms with E-state index in [4.69, 9.17) is 0 Å². The number of nitrogens with zero attached hydrogens (tertiary/aromatic N) is 3. The van der Waals surface area contributed by atoms with Crippen molar-refractivity contribution in [3.8, 4) is 0 Å². The molecular weight excluding hydrogens is 210 g/mol. The van der Waals surface area contributed by atoms with E-state index in [1.807, 2.05) is 0 Å². The van der Waals surface area contributed by atoms with Crippen LogP contribution in [-0.4, -0.2) is 29.9 Å². The number of anilines is 2. The molecule has 3 rings (SSSR count). The summed E-state index contributed by atoms with van der Waals surface area (Å²) in [5, 5.41) is 2.82. The molecule has 0 aromatic carbocycles. The molecule has 0 unspecified atom stereocenters. The molecule has 0 radical (unpaired) electrons. The van der Waals surface area contributed by atoms with Crippen LogP contribution in [-0.2, 0) is 0 Å². The van der Waals surface area contributed by atoms with Crippen LogP contribution in [0.15, 0.2) is 23.5 Å². The second kappa shape index (κ2) is 3.19. The summed E-state index contributed by atoms with van der Waals surface area (Å²) < 4.78 is 0. The molecule has 0 amide bonds. The Bertz CT molecular complexity index is 665. The van der Waals surface area contributed by atoms with Crippen LogP contribution in [0.5, 0.6) is 0 Å². The molecule has 3 aromatic rings. The van der Waals surface area contributed by atoms with Crippen molar-refractivity contribution < 1.29 is 0 Å². The average Bonchev–Trinajstić information content (AvgIpc) is 2.87. The van der Waals surface area contributed by atoms with Crippen molar-refractivity contribution >= 4 is 23.1 Å². The van der Waals surface area contributed by atoms with Crippen LogP contribution in [0, 0.1) is 0 Å². The quantitative estimate of drug-likeness (QED) is 0.486. The smallest absolute Gasteiger partial charge is 0.278 e. The van der Waals surface area contributed by atoms with Crippen molar-refractivity contribution in [1.29, 1.82) is 0 Å². The van der Waals surface area contributed by atoms with Gasteiger partial charge in [-0.1, -0.05) is 0 Å². The molecule has 3 aromatic heterocycles. The second-order valence-electron chi connectivity index (χ2n) is 3.08. The highest BCUT2D eigenvalue weighted by Gasteiger charge is 2.06. The first-order chi connectivity index (χ1) is 7.83. The molecule has 8 heteroatoms. The number of H-pyrrole nitrogens is 3. The van der Waals surface area contributed by atoms with E-state index in [0.29, 0.717) is 23.1 Å². The third-order valence-electron chi connectivity index (χ3n) is 2.03. The molecule has 8 nitrogen and oxygen atoms in total. The predicted octanol–water partition coefficient (Wildman–Crippen LogP) is 0.113. The maximum absolute atomic E-state index is 11.6. The highest BCUT2D eigenvalue weighted by Crippen LogP contribution is 2.07. The second-order valence-corrected chi connectivity index (χ2v) is 3.08. The molecule has 0 saturated carbocycles. The Morgan fingerprint density at radius 3 is 2.94 bits per heavy atom. The minimum Gasteiger partial charge on any atom is -0.339 e. The number of aromatic nitrogens is 6. The largest absolute Gasteiger partial charge is 0.339 e. The maximum Gasteiger partial charge on any atom is 0.278 e. The van der Waals surface area contributed by atoms with E-state index < -0.39 is 0 Å². The van der Waals surface area contributed by atoms with Crippen molar-refractivity contribution in [1.82, 2.24) is 29.9 Å². The predicted molar refractivity (Wildman–Crippen MR) is 56.4 cm³/mol.